The summed E-state index contributed by atoms with van der Waals surface area (Å²) in [6, 6.07) is 2.19. The number of halogens is 3. The van der Waals surface area contributed by atoms with Crippen molar-refractivity contribution < 1.29 is 8.78 Å². The molecule has 0 bridgehead atoms. The molecule has 0 nitrogen and oxygen atoms in total. The molecule has 0 atom stereocenters. The quantitative estimate of drug-likeness (QED) is 0.530. The molecule has 0 aromatic heterocycles. The van der Waals surface area contributed by atoms with Gasteiger partial charge < -0.3 is 0 Å². The van der Waals surface area contributed by atoms with Crippen LogP contribution in [0.25, 0.3) is 0 Å². The van der Waals surface area contributed by atoms with Crippen molar-refractivity contribution >= 4 is 15.9 Å². The Morgan fingerprint density at radius 1 is 1.29 bits per heavy atom. The molecule has 0 heterocycles. The first-order valence-corrected chi connectivity index (χ1v) is 5.08. The van der Waals surface area contributed by atoms with E-state index in [2.05, 4.69) is 27.8 Å². The maximum atomic E-state index is 13.2. The summed E-state index contributed by atoms with van der Waals surface area (Å²) < 4.78 is 26.3. The second-order valence-electron chi connectivity index (χ2n) is 2.80. The average Bonchev–Trinajstić information content (AvgIpc) is 2.14. The second kappa shape index (κ2) is 5.11. The van der Waals surface area contributed by atoms with Gasteiger partial charge in [0, 0.05) is 6.42 Å². The smallest absolute Gasteiger partial charge is 0.140 e. The number of benzene rings is 1. The van der Waals surface area contributed by atoms with Gasteiger partial charge in [-0.25, -0.2) is 8.78 Å². The molecule has 0 amide bonds. The molecule has 0 saturated carbocycles. The molecule has 74 valence electrons. The van der Waals surface area contributed by atoms with Gasteiger partial charge >= 0.3 is 0 Å². The Morgan fingerprint density at radius 3 is 2.64 bits per heavy atom. The molecule has 0 N–H and O–H groups in total. The highest BCUT2D eigenvalue weighted by Gasteiger charge is 2.05. The van der Waals surface area contributed by atoms with Gasteiger partial charge in [0.05, 0.1) is 10.0 Å². The van der Waals surface area contributed by atoms with Crippen molar-refractivity contribution in [1.82, 2.24) is 0 Å². The largest absolute Gasteiger partial charge is 0.206 e. The van der Waals surface area contributed by atoms with Gasteiger partial charge in [-0.1, -0.05) is 18.8 Å². The van der Waals surface area contributed by atoms with E-state index < -0.39 is 11.6 Å². The maximum absolute atomic E-state index is 13.2. The normalized spacial score (nSPS) is 9.43. The van der Waals surface area contributed by atoms with E-state index in [-0.39, 0.29) is 10.0 Å². The third-order valence-electron chi connectivity index (χ3n) is 1.61. The van der Waals surface area contributed by atoms with Gasteiger partial charge in [0.2, 0.25) is 0 Å². The van der Waals surface area contributed by atoms with Crippen molar-refractivity contribution in [2.24, 2.45) is 0 Å². The van der Waals surface area contributed by atoms with Crippen molar-refractivity contribution in [3.05, 3.63) is 33.8 Å². The van der Waals surface area contributed by atoms with E-state index in [0.717, 1.165) is 18.6 Å². The molecule has 0 spiro atoms. The van der Waals surface area contributed by atoms with Gasteiger partial charge in [0.1, 0.15) is 11.6 Å². The standard InChI is InChI=1S/C11H9BrF2/c1-2-3-4-5-8-6-11(14)9(12)7-10(8)13/h6-7H,2-3H2,1H3. The zero-order valence-corrected chi connectivity index (χ0v) is 9.29. The highest BCUT2D eigenvalue weighted by atomic mass is 79.9. The summed E-state index contributed by atoms with van der Waals surface area (Å²) in [4.78, 5) is 0. The Morgan fingerprint density at radius 2 is 2.00 bits per heavy atom. The van der Waals surface area contributed by atoms with Crippen LogP contribution < -0.4 is 0 Å². The second-order valence-corrected chi connectivity index (χ2v) is 3.65. The number of hydrogen-bond donors (Lipinski definition) is 0. The summed E-state index contributed by atoms with van der Waals surface area (Å²) in [5, 5.41) is 0. The van der Waals surface area contributed by atoms with Gasteiger partial charge in [-0.2, -0.15) is 0 Å². The van der Waals surface area contributed by atoms with E-state index in [4.69, 9.17) is 0 Å². The molecule has 0 aliphatic heterocycles. The Kier molecular flexibility index (Phi) is 4.09. The topological polar surface area (TPSA) is 0 Å². The summed E-state index contributed by atoms with van der Waals surface area (Å²) in [5.41, 5.74) is 0.110. The average molecular weight is 259 g/mol. The lowest BCUT2D eigenvalue weighted by molar-refractivity contribution is 0.591. The summed E-state index contributed by atoms with van der Waals surface area (Å²) in [6.07, 6.45) is 1.60. The van der Waals surface area contributed by atoms with Crippen LogP contribution in [0.2, 0.25) is 0 Å². The fraction of sp³-hybridized carbons (Fsp3) is 0.273. The van der Waals surface area contributed by atoms with Crippen LogP contribution in [0.5, 0.6) is 0 Å². The van der Waals surface area contributed by atoms with E-state index in [9.17, 15) is 8.78 Å². The molecule has 0 fully saturated rings. The van der Waals surface area contributed by atoms with Crippen LogP contribution in [-0.2, 0) is 0 Å². The van der Waals surface area contributed by atoms with Gasteiger partial charge in [-0.15, -0.1) is 0 Å². The van der Waals surface area contributed by atoms with Gasteiger partial charge in [0.15, 0.2) is 0 Å². The number of hydrogen-bond acceptors (Lipinski definition) is 0. The van der Waals surface area contributed by atoms with Gasteiger partial charge in [-0.3, -0.25) is 0 Å². The number of rotatable bonds is 1. The van der Waals surface area contributed by atoms with Crippen LogP contribution in [0.4, 0.5) is 8.78 Å². The molecular weight excluding hydrogens is 250 g/mol. The third kappa shape index (κ3) is 2.81. The highest BCUT2D eigenvalue weighted by Crippen LogP contribution is 2.19. The Hall–Kier alpha value is -0.880. The van der Waals surface area contributed by atoms with E-state index >= 15 is 0 Å². The first-order chi connectivity index (χ1) is 6.65. The minimum atomic E-state index is -0.498. The van der Waals surface area contributed by atoms with E-state index in [1.54, 1.807) is 0 Å². The zero-order chi connectivity index (χ0) is 10.6. The lowest BCUT2D eigenvalue weighted by atomic mass is 10.2. The number of unbranched alkanes of at least 4 members (excludes halogenated alkanes) is 1. The van der Waals surface area contributed by atoms with Crippen LogP contribution >= 0.6 is 15.9 Å². The maximum Gasteiger partial charge on any atom is 0.140 e. The lowest BCUT2D eigenvalue weighted by Gasteiger charge is -1.97. The first-order valence-electron chi connectivity index (χ1n) is 4.28. The first kappa shape index (κ1) is 11.2. The molecular formula is C11H9BrF2. The molecule has 3 heteroatoms. The monoisotopic (exact) mass is 258 g/mol. The predicted molar refractivity (Wildman–Crippen MR) is 55.8 cm³/mol. The lowest BCUT2D eigenvalue weighted by Crippen LogP contribution is -1.87. The van der Waals surface area contributed by atoms with E-state index in [1.165, 1.54) is 0 Å². The van der Waals surface area contributed by atoms with Crippen LogP contribution in [0, 0.1) is 23.5 Å². The van der Waals surface area contributed by atoms with Gasteiger partial charge in [0.25, 0.3) is 0 Å². The van der Waals surface area contributed by atoms with Gasteiger partial charge in [-0.05, 0) is 34.5 Å². The van der Waals surface area contributed by atoms with Crippen molar-refractivity contribution in [1.29, 1.82) is 0 Å². The van der Waals surface area contributed by atoms with Crippen molar-refractivity contribution in [3.8, 4) is 11.8 Å². The summed E-state index contributed by atoms with van der Waals surface area (Å²) in [5.74, 6) is 4.37. The fourth-order valence-electron chi connectivity index (χ4n) is 0.901. The third-order valence-corrected chi connectivity index (χ3v) is 2.22. The highest BCUT2D eigenvalue weighted by molar-refractivity contribution is 9.10. The molecule has 1 aromatic rings. The van der Waals surface area contributed by atoms with Crippen molar-refractivity contribution in [3.63, 3.8) is 0 Å². The van der Waals surface area contributed by atoms with Crippen LogP contribution in [0.1, 0.15) is 25.3 Å². The molecule has 0 radical (unpaired) electrons. The SMILES string of the molecule is CCCC#Cc1cc(F)c(Br)cc1F. The Labute approximate surface area is 90.5 Å². The Bertz CT molecular complexity index is 388. The predicted octanol–water partition coefficient (Wildman–Crippen LogP) is 3.88. The molecule has 0 saturated heterocycles. The fourth-order valence-corrected chi connectivity index (χ4v) is 1.22. The zero-order valence-electron chi connectivity index (χ0n) is 7.70. The summed E-state index contributed by atoms with van der Waals surface area (Å²) in [7, 11) is 0. The van der Waals surface area contributed by atoms with E-state index in [0.29, 0.717) is 6.42 Å². The minimum absolute atomic E-state index is 0.110. The molecule has 0 aliphatic carbocycles. The van der Waals surface area contributed by atoms with Crippen LogP contribution in [0.15, 0.2) is 16.6 Å². The molecule has 1 aromatic carbocycles. The summed E-state index contributed by atoms with van der Waals surface area (Å²) in [6.45, 7) is 1.98. The molecule has 14 heavy (non-hydrogen) atoms. The van der Waals surface area contributed by atoms with Crippen LogP contribution in [0.3, 0.4) is 0 Å². The summed E-state index contributed by atoms with van der Waals surface area (Å²) >= 11 is 2.90. The molecule has 0 aliphatic rings. The van der Waals surface area contributed by atoms with E-state index in [1.807, 2.05) is 6.92 Å². The van der Waals surface area contributed by atoms with Crippen LogP contribution in [-0.4, -0.2) is 0 Å². The molecule has 1 rings (SSSR count). The van der Waals surface area contributed by atoms with Crippen molar-refractivity contribution in [2.75, 3.05) is 0 Å². The Balaban J connectivity index is 3.00. The molecule has 0 unspecified atom stereocenters. The van der Waals surface area contributed by atoms with Crippen molar-refractivity contribution in [2.45, 2.75) is 19.8 Å². The minimum Gasteiger partial charge on any atom is -0.206 e.